The van der Waals surface area contributed by atoms with Crippen LogP contribution in [0.5, 0.6) is 0 Å². The Bertz CT molecular complexity index is 1050. The van der Waals surface area contributed by atoms with Gasteiger partial charge in [-0.25, -0.2) is 9.97 Å². The number of alkyl halides is 1. The van der Waals surface area contributed by atoms with Crippen molar-refractivity contribution in [3.05, 3.63) is 41.3 Å². The Balaban J connectivity index is 1.48. The summed E-state index contributed by atoms with van der Waals surface area (Å²) < 4.78 is 0. The Morgan fingerprint density at radius 3 is 2.58 bits per heavy atom. The van der Waals surface area contributed by atoms with Crippen LogP contribution in [0.3, 0.4) is 0 Å². The van der Waals surface area contributed by atoms with Gasteiger partial charge < -0.3 is 15.1 Å². The minimum Gasteiger partial charge on any atom is -0.355 e. The average Bonchev–Trinajstić information content (AvgIpc) is 3.32. The van der Waals surface area contributed by atoms with E-state index in [-0.39, 0.29) is 23.7 Å². The highest BCUT2D eigenvalue weighted by molar-refractivity contribution is 6.27. The predicted molar refractivity (Wildman–Crippen MR) is 131 cm³/mol. The molecular formula is C24H29ClN6O2. The van der Waals surface area contributed by atoms with Gasteiger partial charge in [0.25, 0.3) is 0 Å². The molecule has 3 heterocycles. The van der Waals surface area contributed by atoms with Gasteiger partial charge in [0.05, 0.1) is 5.69 Å². The Morgan fingerprint density at radius 1 is 1.18 bits per heavy atom. The quantitative estimate of drug-likeness (QED) is 0.631. The van der Waals surface area contributed by atoms with Crippen LogP contribution >= 0.6 is 11.6 Å². The second-order valence-electron chi connectivity index (χ2n) is 8.39. The lowest BCUT2D eigenvalue weighted by atomic mass is 10.0. The van der Waals surface area contributed by atoms with Crippen molar-refractivity contribution in [2.24, 2.45) is 4.99 Å². The zero-order chi connectivity index (χ0) is 23.4. The molecule has 0 unspecified atom stereocenters. The highest BCUT2D eigenvalue weighted by Gasteiger charge is 2.26. The Morgan fingerprint density at radius 2 is 1.91 bits per heavy atom. The van der Waals surface area contributed by atoms with E-state index in [1.54, 1.807) is 11.9 Å². The third-order valence-electron chi connectivity index (χ3n) is 6.13. The number of hydrogen-bond donors (Lipinski definition) is 1. The predicted octanol–water partition coefficient (Wildman–Crippen LogP) is 3.02. The fourth-order valence-electron chi connectivity index (χ4n) is 4.24. The van der Waals surface area contributed by atoms with E-state index in [9.17, 15) is 9.59 Å². The number of anilines is 2. The van der Waals surface area contributed by atoms with E-state index in [2.05, 4.69) is 15.2 Å². The van der Waals surface area contributed by atoms with Gasteiger partial charge in [-0.05, 0) is 30.5 Å². The molecule has 0 radical (unpaired) electrons. The highest BCUT2D eigenvalue weighted by Crippen LogP contribution is 2.34. The number of hydrogen-bond acceptors (Lipinski definition) is 6. The van der Waals surface area contributed by atoms with Gasteiger partial charge in [0, 0.05) is 57.3 Å². The van der Waals surface area contributed by atoms with Crippen molar-refractivity contribution in [2.45, 2.75) is 45.1 Å². The third-order valence-corrected chi connectivity index (χ3v) is 6.38. The molecule has 8 nitrogen and oxygen atoms in total. The number of fused-ring (bicyclic) bond motifs is 1. The number of aromatic nitrogens is 2. The van der Waals surface area contributed by atoms with Gasteiger partial charge in [0.1, 0.15) is 17.4 Å². The first-order valence-corrected chi connectivity index (χ1v) is 11.9. The van der Waals surface area contributed by atoms with E-state index < -0.39 is 0 Å². The van der Waals surface area contributed by atoms with E-state index in [0.29, 0.717) is 19.3 Å². The maximum absolute atomic E-state index is 11.9. The monoisotopic (exact) mass is 468 g/mol. The molecule has 0 spiro atoms. The average molecular weight is 469 g/mol. The van der Waals surface area contributed by atoms with Gasteiger partial charge >= 0.3 is 0 Å². The second kappa shape index (κ2) is 10.3. The Hall–Kier alpha value is -3.00. The van der Waals surface area contributed by atoms with Crippen molar-refractivity contribution < 1.29 is 9.59 Å². The molecule has 1 aromatic carbocycles. The smallest absolute Gasteiger partial charge is 0.235 e. The minimum atomic E-state index is -0.124. The summed E-state index contributed by atoms with van der Waals surface area (Å²) in [5.41, 5.74) is 3.77. The molecule has 1 aromatic heterocycles. The van der Waals surface area contributed by atoms with E-state index >= 15 is 0 Å². The molecule has 1 saturated heterocycles. The molecule has 33 heavy (non-hydrogen) atoms. The van der Waals surface area contributed by atoms with Crippen molar-refractivity contribution in [2.75, 3.05) is 35.8 Å². The fraction of sp³-hybridized carbons (Fsp3) is 0.458. The lowest BCUT2D eigenvalue weighted by Crippen LogP contribution is -2.45. The highest BCUT2D eigenvalue weighted by atomic mass is 35.5. The molecule has 1 N–H and O–H groups in total. The molecular weight excluding hydrogens is 440 g/mol. The fourth-order valence-corrected chi connectivity index (χ4v) is 4.32. The van der Waals surface area contributed by atoms with Crippen molar-refractivity contribution >= 4 is 46.8 Å². The van der Waals surface area contributed by atoms with Crippen molar-refractivity contribution in [3.8, 4) is 0 Å². The van der Waals surface area contributed by atoms with Gasteiger partial charge in [-0.2, -0.15) is 0 Å². The van der Waals surface area contributed by atoms with Gasteiger partial charge in [0.15, 0.2) is 5.82 Å². The molecule has 0 bridgehead atoms. The van der Waals surface area contributed by atoms with Crippen LogP contribution in [0.1, 0.15) is 43.3 Å². The third kappa shape index (κ3) is 5.33. The van der Waals surface area contributed by atoms with Crippen LogP contribution in [0.2, 0.25) is 0 Å². The number of aliphatic imine (C=N–C) groups is 1. The first kappa shape index (κ1) is 23.2. The van der Waals surface area contributed by atoms with Crippen LogP contribution < -0.4 is 15.1 Å². The number of carbonyl (C=O) groups is 2. The van der Waals surface area contributed by atoms with E-state index in [4.69, 9.17) is 21.6 Å². The molecule has 4 rings (SSSR count). The van der Waals surface area contributed by atoms with E-state index in [0.717, 1.165) is 60.2 Å². The summed E-state index contributed by atoms with van der Waals surface area (Å²) in [4.78, 5) is 41.6. The van der Waals surface area contributed by atoms with Crippen molar-refractivity contribution in [1.82, 2.24) is 15.3 Å². The van der Waals surface area contributed by atoms with Gasteiger partial charge in [-0.1, -0.05) is 19.1 Å². The molecule has 2 aromatic rings. The largest absolute Gasteiger partial charge is 0.355 e. The van der Waals surface area contributed by atoms with Crippen molar-refractivity contribution in [1.29, 1.82) is 0 Å². The van der Waals surface area contributed by atoms with Crippen LogP contribution in [0.15, 0.2) is 29.3 Å². The maximum Gasteiger partial charge on any atom is 0.235 e. The number of benzene rings is 1. The number of amides is 2. The van der Waals surface area contributed by atoms with Crippen molar-refractivity contribution in [3.63, 3.8) is 0 Å². The molecule has 1 fully saturated rings. The lowest BCUT2D eigenvalue weighted by molar-refractivity contribution is -0.119. The summed E-state index contributed by atoms with van der Waals surface area (Å²) in [6.45, 7) is 3.44. The topological polar surface area (TPSA) is 90.8 Å². The van der Waals surface area contributed by atoms with Gasteiger partial charge in [-0.15, -0.1) is 11.6 Å². The zero-order valence-electron chi connectivity index (χ0n) is 19.1. The minimum absolute atomic E-state index is 0.0100. The molecule has 0 saturated carbocycles. The summed E-state index contributed by atoms with van der Waals surface area (Å²) in [5, 5.41) is 2.98. The molecule has 0 atom stereocenters. The van der Waals surface area contributed by atoms with Gasteiger partial charge in [0.2, 0.25) is 11.8 Å². The molecule has 2 amide bonds. The van der Waals surface area contributed by atoms with Crippen LogP contribution in [0.4, 0.5) is 17.2 Å². The Labute approximate surface area is 199 Å². The summed E-state index contributed by atoms with van der Waals surface area (Å²) in [5.74, 6) is 1.58. The molecule has 0 aliphatic carbocycles. The summed E-state index contributed by atoms with van der Waals surface area (Å²) in [6, 6.07) is 8.10. The van der Waals surface area contributed by atoms with Crippen LogP contribution in [0.25, 0.3) is 0 Å². The lowest BCUT2D eigenvalue weighted by Gasteiger charge is -2.33. The number of piperidine rings is 1. The SMILES string of the molecule is CCC(=O)N(C)c1ccc(Cc2nc3c(c(N4CCC(NC(=O)CCl)CC4)n2)N=CC3)cc1. The molecule has 9 heteroatoms. The Kier molecular flexibility index (Phi) is 7.23. The van der Waals surface area contributed by atoms with Crippen LogP contribution in [-0.4, -0.2) is 60.1 Å². The van der Waals surface area contributed by atoms with Gasteiger partial charge in [-0.3, -0.25) is 14.6 Å². The molecule has 2 aliphatic heterocycles. The summed E-state index contributed by atoms with van der Waals surface area (Å²) in [6.07, 6.45) is 5.35. The molecule has 174 valence electrons. The summed E-state index contributed by atoms with van der Waals surface area (Å²) in [7, 11) is 1.79. The standard InChI is InChI=1S/C24H29ClN6O2/c1-3-22(33)30(2)18-6-4-16(5-7-18)14-20-28-19-8-11-26-23(19)24(29-20)31-12-9-17(10-13-31)27-21(32)15-25/h4-7,11,17H,3,8-10,12-15H2,1-2H3,(H,27,32). The number of nitrogens with one attached hydrogen (secondary N) is 1. The number of rotatable bonds is 7. The van der Waals surface area contributed by atoms with E-state index in [1.807, 2.05) is 37.4 Å². The number of carbonyl (C=O) groups excluding carboxylic acids is 2. The van der Waals surface area contributed by atoms with E-state index in [1.165, 1.54) is 0 Å². The number of nitrogens with zero attached hydrogens (tertiary/aromatic N) is 5. The maximum atomic E-state index is 11.9. The first-order chi connectivity index (χ1) is 16.0. The second-order valence-corrected chi connectivity index (χ2v) is 8.65. The zero-order valence-corrected chi connectivity index (χ0v) is 19.8. The normalized spacial score (nSPS) is 15.4. The number of halogens is 1. The first-order valence-electron chi connectivity index (χ1n) is 11.4. The van der Waals surface area contributed by atoms with Crippen LogP contribution in [-0.2, 0) is 22.4 Å². The van der Waals surface area contributed by atoms with Crippen LogP contribution in [0, 0.1) is 0 Å². The molecule has 2 aliphatic rings. The summed E-state index contributed by atoms with van der Waals surface area (Å²) >= 11 is 5.62.